The summed E-state index contributed by atoms with van der Waals surface area (Å²) in [5, 5.41) is 5.55. The molecule has 0 spiro atoms. The van der Waals surface area contributed by atoms with Gasteiger partial charge in [0.2, 0.25) is 11.7 Å². The number of carbonyl (C=O) groups is 2. The van der Waals surface area contributed by atoms with Gasteiger partial charge in [0.1, 0.15) is 22.8 Å². The molecule has 2 aromatic carbocycles. The SMILES string of the molecule is COC1CCC(NC/C=C/C(=O)Nc2c(F)cc(C(=O)c3cc4c5c(cccn35)-c3c(C(F)(F)F)cc5c(ncn5C)c3N(C)CC4)cc2F)CC1. The van der Waals surface area contributed by atoms with E-state index >= 15 is 8.78 Å². The fourth-order valence-electron chi connectivity index (χ4n) is 7.46. The molecule has 2 N–H and O–H groups in total. The number of hydrogen-bond donors (Lipinski definition) is 2. The number of hydrogen-bond acceptors (Lipinski definition) is 6. The molecule has 1 fully saturated rings. The Morgan fingerprint density at radius 1 is 1.06 bits per heavy atom. The first kappa shape index (κ1) is 35.3. The number of carbonyl (C=O) groups excluding carboxylic acids is 2. The van der Waals surface area contributed by atoms with Crippen LogP contribution in [0.15, 0.2) is 61.1 Å². The second kappa shape index (κ2) is 13.8. The van der Waals surface area contributed by atoms with Crippen LogP contribution in [0.25, 0.3) is 27.7 Å². The number of nitrogens with zero attached hydrogens (tertiary/aromatic N) is 4. The van der Waals surface area contributed by atoms with Crippen LogP contribution in [0.3, 0.4) is 0 Å². The van der Waals surface area contributed by atoms with E-state index in [9.17, 15) is 22.8 Å². The number of alkyl halides is 3. The second-order valence-corrected chi connectivity index (χ2v) is 13.4. The zero-order chi connectivity index (χ0) is 36.9. The van der Waals surface area contributed by atoms with Gasteiger partial charge in [0, 0.05) is 69.3 Å². The Labute approximate surface area is 296 Å². The number of halogens is 5. The average molecular weight is 721 g/mol. The number of rotatable bonds is 8. The molecule has 0 unspecified atom stereocenters. The highest BCUT2D eigenvalue weighted by Gasteiger charge is 2.39. The number of nitrogens with one attached hydrogen (secondary N) is 2. The van der Waals surface area contributed by atoms with Crippen molar-refractivity contribution in [2.75, 3.05) is 37.5 Å². The van der Waals surface area contributed by atoms with Crippen LogP contribution < -0.4 is 15.5 Å². The van der Waals surface area contributed by atoms with Gasteiger partial charge in [0.05, 0.1) is 40.4 Å². The molecule has 52 heavy (non-hydrogen) atoms. The standard InChI is InChI=1S/C38H37F5N6O3/c1-47-15-12-21-18-30(49-14-5-6-25(35(21)49)32-26(38(41,42)43)19-29-34(36(32)47)45-20-48(29)2)37(51)22-16-27(39)33(28(40)17-22)46-31(50)7-4-13-44-23-8-10-24(52-3)11-9-23/h4-7,14,16-20,23-24,44H,8-13,15H2,1-3H3,(H,46,50)/b7-4+. The number of aromatic nitrogens is 3. The highest BCUT2D eigenvalue weighted by atomic mass is 19.4. The third-order valence-electron chi connectivity index (χ3n) is 10.1. The van der Waals surface area contributed by atoms with Crippen LogP contribution in [0.4, 0.5) is 33.3 Å². The van der Waals surface area contributed by atoms with Gasteiger partial charge in [-0.1, -0.05) is 12.1 Å². The van der Waals surface area contributed by atoms with Gasteiger partial charge in [0.25, 0.3) is 0 Å². The van der Waals surface area contributed by atoms with Crippen LogP contribution in [0, 0.1) is 11.6 Å². The lowest BCUT2D eigenvalue weighted by Gasteiger charge is -2.28. The Hall–Kier alpha value is -5.08. The number of ether oxygens (including phenoxy) is 1. The van der Waals surface area contributed by atoms with E-state index in [1.165, 1.54) is 27.4 Å². The van der Waals surface area contributed by atoms with Crippen LogP contribution in [0.5, 0.6) is 0 Å². The van der Waals surface area contributed by atoms with Crippen molar-refractivity contribution in [2.45, 2.75) is 50.4 Å². The van der Waals surface area contributed by atoms with Crippen molar-refractivity contribution < 1.29 is 36.3 Å². The minimum Gasteiger partial charge on any atom is -0.381 e. The number of benzene rings is 2. The predicted octanol–water partition coefficient (Wildman–Crippen LogP) is 7.06. The van der Waals surface area contributed by atoms with Gasteiger partial charge < -0.3 is 29.2 Å². The monoisotopic (exact) mass is 720 g/mol. The number of likely N-dealkylation sites (N-methyl/N-ethyl adjacent to an activating group) is 1. The third kappa shape index (κ3) is 6.45. The molecule has 7 rings (SSSR count). The molecule has 5 aromatic rings. The summed E-state index contributed by atoms with van der Waals surface area (Å²) in [4.78, 5) is 32.6. The molecule has 0 saturated heterocycles. The number of imidazole rings is 1. The van der Waals surface area contributed by atoms with E-state index < -0.39 is 40.8 Å². The number of ketones is 1. The topological polar surface area (TPSA) is 92.9 Å². The van der Waals surface area contributed by atoms with Gasteiger partial charge in [0.15, 0.2) is 0 Å². The normalized spacial score (nSPS) is 17.8. The van der Waals surface area contributed by atoms with Crippen LogP contribution in [-0.2, 0) is 29.2 Å². The molecule has 1 amide bonds. The maximum absolute atomic E-state index is 15.3. The minimum absolute atomic E-state index is 0.0205. The molecule has 14 heteroatoms. The lowest BCUT2D eigenvalue weighted by molar-refractivity contribution is -0.137. The molecular formula is C38H37F5N6O3. The summed E-state index contributed by atoms with van der Waals surface area (Å²) in [7, 11) is 5.04. The van der Waals surface area contributed by atoms with Crippen LogP contribution in [0.2, 0.25) is 0 Å². The van der Waals surface area contributed by atoms with Gasteiger partial charge in [-0.2, -0.15) is 13.2 Å². The van der Waals surface area contributed by atoms with E-state index in [-0.39, 0.29) is 28.5 Å². The van der Waals surface area contributed by atoms with E-state index in [2.05, 4.69) is 15.6 Å². The Kier molecular flexibility index (Phi) is 9.38. The molecule has 1 aliphatic carbocycles. The van der Waals surface area contributed by atoms with Gasteiger partial charge in [-0.25, -0.2) is 13.8 Å². The molecule has 3 aromatic heterocycles. The van der Waals surface area contributed by atoms with Crippen molar-refractivity contribution in [1.29, 1.82) is 0 Å². The molecule has 4 heterocycles. The van der Waals surface area contributed by atoms with Crippen molar-refractivity contribution in [2.24, 2.45) is 7.05 Å². The number of fused-ring (bicyclic) bond motifs is 4. The van der Waals surface area contributed by atoms with E-state index in [1.54, 1.807) is 50.5 Å². The van der Waals surface area contributed by atoms with Crippen molar-refractivity contribution in [3.63, 3.8) is 0 Å². The lowest BCUT2D eigenvalue weighted by atomic mass is 9.92. The fraction of sp³-hybridized carbons (Fsp3) is 0.342. The van der Waals surface area contributed by atoms with Crippen LogP contribution >= 0.6 is 0 Å². The summed E-state index contributed by atoms with van der Waals surface area (Å²) >= 11 is 0. The van der Waals surface area contributed by atoms with Gasteiger partial charge >= 0.3 is 6.18 Å². The first-order chi connectivity index (χ1) is 24.8. The van der Waals surface area contributed by atoms with Gasteiger partial charge in [-0.3, -0.25) is 9.59 Å². The van der Waals surface area contributed by atoms with E-state index in [1.807, 2.05) is 0 Å². The van der Waals surface area contributed by atoms with E-state index in [0.29, 0.717) is 53.4 Å². The molecule has 0 radical (unpaired) electrons. The quantitative estimate of drug-likeness (QED) is 0.101. The van der Waals surface area contributed by atoms with Crippen molar-refractivity contribution in [1.82, 2.24) is 19.3 Å². The number of methoxy groups -OCH3 is 1. The predicted molar refractivity (Wildman–Crippen MR) is 188 cm³/mol. The summed E-state index contributed by atoms with van der Waals surface area (Å²) in [5.74, 6) is -3.79. The number of amides is 1. The Morgan fingerprint density at radius 2 is 1.79 bits per heavy atom. The maximum Gasteiger partial charge on any atom is 0.417 e. The molecule has 9 nitrogen and oxygen atoms in total. The Bertz CT molecular complexity index is 2210. The molecule has 1 saturated carbocycles. The largest absolute Gasteiger partial charge is 0.417 e. The zero-order valence-corrected chi connectivity index (χ0v) is 28.8. The van der Waals surface area contributed by atoms with Crippen molar-refractivity contribution in [3.8, 4) is 11.1 Å². The fourth-order valence-corrected chi connectivity index (χ4v) is 7.46. The van der Waals surface area contributed by atoms with Gasteiger partial charge in [-0.05, 0) is 68.0 Å². The summed E-state index contributed by atoms with van der Waals surface area (Å²) in [6, 6.07) is 7.72. The Balaban J connectivity index is 1.18. The molecular weight excluding hydrogens is 683 g/mol. The first-order valence-corrected chi connectivity index (χ1v) is 17.0. The number of anilines is 2. The smallest absolute Gasteiger partial charge is 0.381 e. The summed E-state index contributed by atoms with van der Waals surface area (Å²) in [6.45, 7) is 0.704. The van der Waals surface area contributed by atoms with Crippen LogP contribution in [0.1, 0.15) is 52.9 Å². The van der Waals surface area contributed by atoms with Crippen molar-refractivity contribution in [3.05, 3.63) is 95.1 Å². The molecule has 1 aliphatic heterocycles. The zero-order valence-electron chi connectivity index (χ0n) is 28.8. The van der Waals surface area contributed by atoms with E-state index in [4.69, 9.17) is 4.74 Å². The van der Waals surface area contributed by atoms with E-state index in [0.717, 1.165) is 43.9 Å². The second-order valence-electron chi connectivity index (χ2n) is 13.4. The highest BCUT2D eigenvalue weighted by Crippen LogP contribution is 2.48. The number of aryl methyl sites for hydroxylation is 1. The van der Waals surface area contributed by atoms with Crippen LogP contribution in [-0.4, -0.2) is 65.0 Å². The average Bonchev–Trinajstić information content (AvgIpc) is 3.68. The summed E-state index contributed by atoms with van der Waals surface area (Å²) in [5.41, 5.74) is 0.348. The highest BCUT2D eigenvalue weighted by molar-refractivity contribution is 6.11. The lowest BCUT2D eigenvalue weighted by Crippen LogP contribution is -2.35. The minimum atomic E-state index is -4.72. The number of pyridine rings is 1. The van der Waals surface area contributed by atoms with Crippen molar-refractivity contribution >= 4 is 39.6 Å². The Morgan fingerprint density at radius 3 is 2.48 bits per heavy atom. The molecule has 0 atom stereocenters. The van der Waals surface area contributed by atoms with Gasteiger partial charge in [-0.15, -0.1) is 0 Å². The third-order valence-corrected chi connectivity index (χ3v) is 10.1. The molecule has 0 bridgehead atoms. The molecule has 272 valence electrons. The first-order valence-electron chi connectivity index (χ1n) is 17.0. The summed E-state index contributed by atoms with van der Waals surface area (Å²) in [6.07, 6.45) is 5.45. The summed E-state index contributed by atoms with van der Waals surface area (Å²) < 4.78 is 83.3. The maximum atomic E-state index is 15.3. The molecule has 2 aliphatic rings.